The summed E-state index contributed by atoms with van der Waals surface area (Å²) in [4.78, 5) is 26.9. The molecule has 2 aliphatic heterocycles. The number of amides is 1. The minimum Gasteiger partial charge on any atom is -0.364 e. The molecule has 0 radical (unpaired) electrons. The number of fused-ring (bicyclic) bond motifs is 4. The fourth-order valence-electron chi connectivity index (χ4n) is 6.65. The van der Waals surface area contributed by atoms with Crippen LogP contribution in [0.2, 0.25) is 0 Å². The van der Waals surface area contributed by atoms with Crippen molar-refractivity contribution in [2.24, 2.45) is 7.05 Å². The van der Waals surface area contributed by atoms with Crippen molar-refractivity contribution in [3.63, 3.8) is 0 Å². The topological polar surface area (TPSA) is 93.8 Å². The number of allylic oxidation sites excluding steroid dienone is 2. The van der Waals surface area contributed by atoms with E-state index in [0.717, 1.165) is 69.4 Å². The van der Waals surface area contributed by atoms with E-state index in [0.29, 0.717) is 12.6 Å². The fraction of sp³-hybridized carbons (Fsp3) is 0.212. The third-order valence-electron chi connectivity index (χ3n) is 8.64. The lowest BCUT2D eigenvalue weighted by atomic mass is 9.93. The third kappa shape index (κ3) is 4.10. The van der Waals surface area contributed by atoms with Crippen LogP contribution in [-0.2, 0) is 20.1 Å². The Balaban J connectivity index is 1.02. The number of aromatic nitrogens is 4. The predicted octanol–water partition coefficient (Wildman–Crippen LogP) is 4.96. The summed E-state index contributed by atoms with van der Waals surface area (Å²) in [6, 6.07) is 14.6. The van der Waals surface area contributed by atoms with Crippen LogP contribution < -0.4 is 10.6 Å². The van der Waals surface area contributed by atoms with Crippen LogP contribution >= 0.6 is 0 Å². The molecule has 41 heavy (non-hydrogen) atoms. The normalized spacial score (nSPS) is 19.5. The molecule has 204 valence electrons. The Morgan fingerprint density at radius 2 is 2.02 bits per heavy atom. The number of hydrogen-bond acceptors (Lipinski definition) is 4. The number of benzene rings is 2. The Labute approximate surface area is 237 Å². The number of hydrogen-bond donors (Lipinski definition) is 4. The molecule has 0 spiro atoms. The molecule has 0 saturated heterocycles. The van der Waals surface area contributed by atoms with Crippen molar-refractivity contribution < 1.29 is 4.79 Å². The van der Waals surface area contributed by atoms with E-state index in [1.165, 1.54) is 11.1 Å². The maximum Gasteiger partial charge on any atom is 0.252 e. The van der Waals surface area contributed by atoms with Crippen LogP contribution in [0.1, 0.15) is 45.3 Å². The van der Waals surface area contributed by atoms with E-state index >= 15 is 0 Å². The Kier molecular flexibility index (Phi) is 5.50. The maximum absolute atomic E-state index is 13.1. The van der Waals surface area contributed by atoms with Crippen LogP contribution in [0.3, 0.4) is 0 Å². The molecule has 3 aromatic heterocycles. The van der Waals surface area contributed by atoms with Crippen LogP contribution in [0, 0.1) is 0 Å². The summed E-state index contributed by atoms with van der Waals surface area (Å²) in [5, 5.41) is 9.16. The van der Waals surface area contributed by atoms with Crippen molar-refractivity contribution in [2.45, 2.75) is 31.6 Å². The maximum atomic E-state index is 13.1. The first-order chi connectivity index (χ1) is 20.1. The van der Waals surface area contributed by atoms with Crippen LogP contribution in [0.4, 0.5) is 0 Å². The highest BCUT2D eigenvalue weighted by Crippen LogP contribution is 2.39. The van der Waals surface area contributed by atoms with Crippen molar-refractivity contribution in [1.82, 2.24) is 35.1 Å². The van der Waals surface area contributed by atoms with Gasteiger partial charge in [0, 0.05) is 77.4 Å². The molecule has 2 unspecified atom stereocenters. The number of rotatable bonds is 7. The second kappa shape index (κ2) is 9.38. The Morgan fingerprint density at radius 1 is 1.10 bits per heavy atom. The number of para-hydroxylation sites is 1. The van der Waals surface area contributed by atoms with Gasteiger partial charge in [0.15, 0.2) is 0 Å². The number of nitrogens with one attached hydrogen (secondary N) is 4. The summed E-state index contributed by atoms with van der Waals surface area (Å²) in [5.74, 6) is -0.0207. The van der Waals surface area contributed by atoms with Gasteiger partial charge in [-0.1, -0.05) is 35.9 Å². The summed E-state index contributed by atoms with van der Waals surface area (Å²) >= 11 is 0. The first-order valence-corrected chi connectivity index (χ1v) is 14.1. The smallest absolute Gasteiger partial charge is 0.252 e. The van der Waals surface area contributed by atoms with Crippen molar-refractivity contribution in [2.75, 3.05) is 6.54 Å². The first kappa shape index (κ1) is 24.0. The molecule has 2 atom stereocenters. The summed E-state index contributed by atoms with van der Waals surface area (Å²) < 4.78 is 2.00. The van der Waals surface area contributed by atoms with E-state index in [1.807, 2.05) is 42.3 Å². The largest absolute Gasteiger partial charge is 0.364 e. The van der Waals surface area contributed by atoms with Crippen LogP contribution in [0.15, 0.2) is 96.8 Å². The minimum absolute atomic E-state index is 0.0207. The predicted molar refractivity (Wildman–Crippen MR) is 160 cm³/mol. The number of aromatic amines is 2. The van der Waals surface area contributed by atoms with Gasteiger partial charge in [-0.2, -0.15) is 0 Å². The van der Waals surface area contributed by atoms with E-state index in [-0.39, 0.29) is 11.9 Å². The van der Waals surface area contributed by atoms with Crippen molar-refractivity contribution in [3.8, 4) is 0 Å². The Morgan fingerprint density at radius 3 is 2.93 bits per heavy atom. The van der Waals surface area contributed by atoms with E-state index < -0.39 is 0 Å². The Bertz CT molecular complexity index is 1920. The number of aryl methyl sites for hydroxylation is 1. The molecule has 0 bridgehead atoms. The lowest BCUT2D eigenvalue weighted by molar-refractivity contribution is 0.0960. The molecule has 0 saturated carbocycles. The molecule has 3 aliphatic rings. The van der Waals surface area contributed by atoms with Gasteiger partial charge in [-0.05, 0) is 47.9 Å². The fourth-order valence-corrected chi connectivity index (χ4v) is 6.65. The number of imidazole rings is 1. The molecule has 8 heteroatoms. The zero-order valence-electron chi connectivity index (χ0n) is 22.8. The zero-order valence-corrected chi connectivity index (χ0v) is 22.8. The molecule has 4 N–H and O–H groups in total. The highest BCUT2D eigenvalue weighted by atomic mass is 16.2. The van der Waals surface area contributed by atoms with Gasteiger partial charge in [-0.25, -0.2) is 4.98 Å². The second-order valence-corrected chi connectivity index (χ2v) is 11.3. The molecular weight excluding hydrogens is 510 g/mol. The van der Waals surface area contributed by atoms with Gasteiger partial charge in [0.2, 0.25) is 0 Å². The number of carbonyl (C=O) groups is 1. The highest BCUT2D eigenvalue weighted by molar-refractivity contribution is 6.04. The minimum atomic E-state index is -0.206. The molecule has 0 fully saturated rings. The van der Waals surface area contributed by atoms with Gasteiger partial charge < -0.3 is 30.1 Å². The van der Waals surface area contributed by atoms with Gasteiger partial charge in [0.05, 0.1) is 30.6 Å². The molecule has 1 amide bonds. The molecule has 8 rings (SSSR count). The average molecular weight is 542 g/mol. The van der Waals surface area contributed by atoms with E-state index in [1.54, 1.807) is 0 Å². The average Bonchev–Trinajstić information content (AvgIpc) is 3.80. The molecule has 1 aliphatic carbocycles. The van der Waals surface area contributed by atoms with Gasteiger partial charge >= 0.3 is 0 Å². The summed E-state index contributed by atoms with van der Waals surface area (Å²) in [6.07, 6.45) is 15.8. The monoisotopic (exact) mass is 541 g/mol. The Hall–Kier alpha value is -4.82. The number of carbonyl (C=O) groups excluding carboxylic acids is 1. The van der Waals surface area contributed by atoms with E-state index in [9.17, 15) is 4.79 Å². The number of nitrogens with zero attached hydrogens (tertiary/aromatic N) is 3. The van der Waals surface area contributed by atoms with Crippen molar-refractivity contribution in [1.29, 1.82) is 0 Å². The van der Waals surface area contributed by atoms with Gasteiger partial charge in [0.1, 0.15) is 0 Å². The number of H-pyrrole nitrogens is 2. The highest BCUT2D eigenvalue weighted by Gasteiger charge is 2.34. The molecule has 8 nitrogen and oxygen atoms in total. The zero-order chi connectivity index (χ0) is 27.5. The van der Waals surface area contributed by atoms with Gasteiger partial charge in [0.25, 0.3) is 5.91 Å². The molecule has 5 aromatic rings. The standard InChI is InChI=1S/C33H31N7O/c1-39-17-23(36-19-39)18-40-11-9-21-7-6-20(12-30(21)40)15-34-16-29-31(24-4-2-3-5-27(24)37-29)32-25-14-28-22(8-10-35-28)13-26(25)33(41)38-32/h2-11,13-14,17,19,30,32,34-35,37H,12,15-16,18H2,1H3,(H,38,41). The second-order valence-electron chi connectivity index (χ2n) is 11.3. The summed E-state index contributed by atoms with van der Waals surface area (Å²) in [6.45, 7) is 2.27. The molecule has 2 aromatic carbocycles. The van der Waals surface area contributed by atoms with E-state index in [4.69, 9.17) is 0 Å². The lowest BCUT2D eigenvalue weighted by Gasteiger charge is -2.29. The summed E-state index contributed by atoms with van der Waals surface area (Å²) in [5.41, 5.74) is 9.93. The molecule has 5 heterocycles. The van der Waals surface area contributed by atoms with Gasteiger partial charge in [-0.3, -0.25) is 4.79 Å². The quantitative estimate of drug-likeness (QED) is 0.234. The lowest BCUT2D eigenvalue weighted by Crippen LogP contribution is -2.31. The third-order valence-corrected chi connectivity index (χ3v) is 8.64. The first-order valence-electron chi connectivity index (χ1n) is 14.1. The van der Waals surface area contributed by atoms with Crippen LogP contribution in [0.5, 0.6) is 0 Å². The van der Waals surface area contributed by atoms with E-state index in [2.05, 4.69) is 85.4 Å². The van der Waals surface area contributed by atoms with Gasteiger partial charge in [-0.15, -0.1) is 0 Å². The van der Waals surface area contributed by atoms with Crippen molar-refractivity contribution in [3.05, 3.63) is 125 Å². The van der Waals surface area contributed by atoms with Crippen LogP contribution in [0.25, 0.3) is 21.8 Å². The van der Waals surface area contributed by atoms with Crippen molar-refractivity contribution >= 4 is 27.7 Å². The molecular formula is C33H31N7O. The SMILES string of the molecule is Cn1cnc(CN2C=CC3=CC=C(CNCc4[nH]c5ccccc5c4C4NC(=O)c5cc6cc[nH]c6cc54)CC32)c1. The van der Waals surface area contributed by atoms with Crippen LogP contribution in [-0.4, -0.2) is 42.9 Å². The summed E-state index contributed by atoms with van der Waals surface area (Å²) in [7, 11) is 2.01.